The zero-order valence-corrected chi connectivity index (χ0v) is 21.5. The number of carbonyl (C=O) groups is 2. The zero-order valence-electron chi connectivity index (χ0n) is 20.0. The Kier molecular flexibility index (Phi) is 12.1. The number of rotatable bonds is 12. The van der Waals surface area contributed by atoms with Crippen LogP contribution < -0.4 is 16.4 Å². The van der Waals surface area contributed by atoms with Crippen LogP contribution >= 0.6 is 23.2 Å². The molecule has 37 heavy (non-hydrogen) atoms. The van der Waals surface area contributed by atoms with Gasteiger partial charge < -0.3 is 36.4 Å². The Bertz CT molecular complexity index is 1120. The van der Waals surface area contributed by atoms with Crippen molar-refractivity contribution in [3.8, 4) is 5.75 Å². The zero-order chi connectivity index (χ0) is 27.4. The number of aromatic hydroxyl groups is 1. The third-order valence-electron chi connectivity index (χ3n) is 5.10. The van der Waals surface area contributed by atoms with Gasteiger partial charge in [0.1, 0.15) is 11.8 Å². The number of aliphatic hydroxyl groups is 1. The Morgan fingerprint density at radius 2 is 1.92 bits per heavy atom. The summed E-state index contributed by atoms with van der Waals surface area (Å²) in [4.78, 5) is 32.4. The van der Waals surface area contributed by atoms with Gasteiger partial charge in [-0.25, -0.2) is 14.8 Å². The van der Waals surface area contributed by atoms with Gasteiger partial charge in [-0.15, -0.1) is 0 Å². The number of halogens is 2. The van der Waals surface area contributed by atoms with Gasteiger partial charge in [0, 0.05) is 13.7 Å². The molecule has 13 heteroatoms. The normalized spacial score (nSPS) is 13.4. The quantitative estimate of drug-likeness (QED) is 0.131. The molecule has 2 rings (SSSR count). The van der Waals surface area contributed by atoms with Crippen molar-refractivity contribution in [2.45, 2.75) is 25.0 Å². The summed E-state index contributed by atoms with van der Waals surface area (Å²) < 4.78 is 4.92. The number of ether oxygens (including phenoxy) is 1. The molecule has 2 aromatic rings. The van der Waals surface area contributed by atoms with Crippen LogP contribution in [0.1, 0.15) is 34.0 Å². The van der Waals surface area contributed by atoms with Crippen LogP contribution in [0.5, 0.6) is 5.75 Å². The second kappa shape index (κ2) is 15.0. The topological polar surface area (TPSA) is 179 Å². The lowest BCUT2D eigenvalue weighted by molar-refractivity contribution is -0.138. The largest absolute Gasteiger partial charge is 0.508 e. The molecule has 0 saturated heterocycles. The van der Waals surface area contributed by atoms with Gasteiger partial charge in [-0.3, -0.25) is 4.79 Å². The summed E-state index contributed by atoms with van der Waals surface area (Å²) in [5.74, 6) is -1.99. The average molecular weight is 554 g/mol. The highest BCUT2D eigenvalue weighted by Crippen LogP contribution is 2.29. The van der Waals surface area contributed by atoms with E-state index < -0.39 is 24.0 Å². The summed E-state index contributed by atoms with van der Waals surface area (Å²) in [6.07, 6.45) is 0.858. The van der Waals surface area contributed by atoms with Gasteiger partial charge >= 0.3 is 5.97 Å². The Morgan fingerprint density at radius 1 is 1.22 bits per heavy atom. The number of hydrogen-bond acceptors (Lipinski definition) is 6. The van der Waals surface area contributed by atoms with Crippen molar-refractivity contribution in [1.82, 2.24) is 10.6 Å². The molecule has 0 heterocycles. The smallest absolute Gasteiger partial charge is 0.328 e. The lowest BCUT2D eigenvalue weighted by Crippen LogP contribution is -2.43. The van der Waals surface area contributed by atoms with Crippen LogP contribution in [0, 0.1) is 0 Å². The maximum Gasteiger partial charge on any atom is 0.328 e. The number of phenolic OH excluding ortho intramolecular Hbond substituents is 1. The van der Waals surface area contributed by atoms with Crippen LogP contribution in [-0.2, 0) is 16.0 Å². The molecule has 200 valence electrons. The maximum absolute atomic E-state index is 12.8. The molecule has 1 amide bonds. The van der Waals surface area contributed by atoms with Crippen LogP contribution in [0.15, 0.2) is 46.4 Å². The fraction of sp³-hybridized carbons (Fsp3) is 0.333. The minimum atomic E-state index is -1.40. The molecule has 0 radical (unpaired) electrons. The Hall–Kier alpha value is -3.38. The number of nitrogens with two attached hydrogens (primary N) is 1. The van der Waals surface area contributed by atoms with Crippen molar-refractivity contribution in [2.75, 3.05) is 26.8 Å². The first-order valence-electron chi connectivity index (χ1n) is 11.2. The molecule has 0 aliphatic rings. The van der Waals surface area contributed by atoms with Crippen LogP contribution in [-0.4, -0.2) is 72.3 Å². The first-order chi connectivity index (χ1) is 17.7. The molecule has 0 bridgehead atoms. The number of nitrogens with zero attached hydrogens (tertiary/aromatic N) is 2. The van der Waals surface area contributed by atoms with E-state index in [9.17, 15) is 24.9 Å². The molecular weight excluding hydrogens is 525 g/mol. The van der Waals surface area contributed by atoms with E-state index in [0.29, 0.717) is 37.1 Å². The monoisotopic (exact) mass is 553 g/mol. The summed E-state index contributed by atoms with van der Waals surface area (Å²) in [6.45, 7) is 0.382. The number of aliphatic imine (C=N–C) groups is 2. The summed E-state index contributed by atoms with van der Waals surface area (Å²) in [6, 6.07) is 7.97. The molecule has 2 atom stereocenters. The fourth-order valence-corrected chi connectivity index (χ4v) is 3.96. The molecule has 0 aromatic heterocycles. The van der Waals surface area contributed by atoms with Crippen LogP contribution in [0.2, 0.25) is 10.0 Å². The van der Waals surface area contributed by atoms with Crippen molar-refractivity contribution in [3.05, 3.63) is 63.1 Å². The Balaban J connectivity index is 2.09. The van der Waals surface area contributed by atoms with Gasteiger partial charge in [0.15, 0.2) is 0 Å². The molecular formula is C24H29Cl2N5O6. The molecule has 0 aliphatic carbocycles. The third-order valence-corrected chi connectivity index (χ3v) is 5.70. The summed E-state index contributed by atoms with van der Waals surface area (Å²) >= 11 is 12.6. The number of hydrogen-bond donors (Lipinski definition) is 6. The number of carbonyl (C=O) groups excluding carboxylic acids is 1. The molecule has 0 aliphatic heterocycles. The van der Waals surface area contributed by atoms with Gasteiger partial charge in [-0.1, -0.05) is 35.3 Å². The van der Waals surface area contributed by atoms with E-state index in [1.54, 1.807) is 12.1 Å². The maximum atomic E-state index is 12.8. The number of carboxylic acid groups (broad SMARTS) is 1. The van der Waals surface area contributed by atoms with Crippen molar-refractivity contribution in [1.29, 1.82) is 0 Å². The lowest BCUT2D eigenvalue weighted by atomic mass is 10.00. The number of nitrogens with one attached hydrogen (secondary N) is 2. The van der Waals surface area contributed by atoms with E-state index in [2.05, 4.69) is 20.6 Å². The van der Waals surface area contributed by atoms with E-state index >= 15 is 0 Å². The second-order valence-corrected chi connectivity index (χ2v) is 8.62. The molecule has 0 saturated carbocycles. The highest BCUT2D eigenvalue weighted by atomic mass is 35.5. The average Bonchev–Trinajstić information content (AvgIpc) is 2.84. The summed E-state index contributed by atoms with van der Waals surface area (Å²) in [5, 5.41) is 34.8. The molecule has 11 nitrogen and oxygen atoms in total. The Labute approximate surface area is 224 Å². The minimum Gasteiger partial charge on any atom is -0.508 e. The van der Waals surface area contributed by atoms with Gasteiger partial charge in [0.25, 0.3) is 5.91 Å². The number of aliphatic carboxylic acids is 1. The number of amides is 1. The molecule has 0 spiro atoms. The van der Waals surface area contributed by atoms with Crippen molar-refractivity contribution < 1.29 is 29.6 Å². The number of aryl methyl sites for hydroxylation is 1. The first-order valence-corrected chi connectivity index (χ1v) is 11.9. The van der Waals surface area contributed by atoms with Crippen LogP contribution in [0.25, 0.3) is 0 Å². The SMILES string of the molecule is COCCNC(N=CN)=NC[C@H](NC(=O)c1c(Cl)cc(CCC(O)c2cccc(O)c2)cc1Cl)C(=O)O. The molecule has 1 unspecified atom stereocenters. The fourth-order valence-electron chi connectivity index (χ4n) is 3.26. The van der Waals surface area contributed by atoms with E-state index in [1.807, 2.05) is 0 Å². The molecule has 0 fully saturated rings. The number of aliphatic hydroxyl groups excluding tert-OH is 1. The van der Waals surface area contributed by atoms with Gasteiger partial charge in [0.2, 0.25) is 5.96 Å². The number of benzene rings is 2. The number of guanidine groups is 1. The van der Waals surface area contributed by atoms with Crippen LogP contribution in [0.3, 0.4) is 0 Å². The van der Waals surface area contributed by atoms with E-state index in [4.69, 9.17) is 33.7 Å². The predicted octanol–water partition coefficient (Wildman–Crippen LogP) is 2.13. The van der Waals surface area contributed by atoms with Crippen molar-refractivity contribution in [2.24, 2.45) is 15.7 Å². The number of phenols is 1. The number of carboxylic acids is 1. The third kappa shape index (κ3) is 9.54. The minimum absolute atomic E-state index is 0.0224. The summed E-state index contributed by atoms with van der Waals surface area (Å²) in [7, 11) is 1.52. The predicted molar refractivity (Wildman–Crippen MR) is 142 cm³/mol. The standard InChI is InChI=1S/C24H29Cl2N5O6/c1-37-8-7-28-24(30-13-27)29-12-19(23(35)36)31-22(34)21-17(25)9-14(10-18(21)26)5-6-20(33)15-3-2-4-16(32)11-15/h2-4,9-11,13,19-20,32-33H,5-8,12H2,1H3,(H,31,34)(H,35,36)(H3,27,28,29,30)/t19-,20?/m0/s1. The van der Waals surface area contributed by atoms with Gasteiger partial charge in [-0.2, -0.15) is 0 Å². The van der Waals surface area contributed by atoms with E-state index in [-0.39, 0.29) is 33.9 Å². The van der Waals surface area contributed by atoms with Crippen LogP contribution in [0.4, 0.5) is 0 Å². The molecule has 2 aromatic carbocycles. The number of methoxy groups -OCH3 is 1. The first kappa shape index (κ1) is 29.8. The summed E-state index contributed by atoms with van der Waals surface area (Å²) in [5.41, 5.74) is 6.43. The highest BCUT2D eigenvalue weighted by Gasteiger charge is 2.24. The van der Waals surface area contributed by atoms with E-state index in [1.165, 1.54) is 31.4 Å². The van der Waals surface area contributed by atoms with Crippen molar-refractivity contribution in [3.63, 3.8) is 0 Å². The second-order valence-electron chi connectivity index (χ2n) is 7.81. The van der Waals surface area contributed by atoms with E-state index in [0.717, 1.165) is 6.34 Å². The molecule has 7 N–H and O–H groups in total. The van der Waals surface area contributed by atoms with Gasteiger partial charge in [0.05, 0.1) is 41.2 Å². The van der Waals surface area contributed by atoms with Gasteiger partial charge in [-0.05, 0) is 48.2 Å². The highest BCUT2D eigenvalue weighted by molar-refractivity contribution is 6.39. The lowest BCUT2D eigenvalue weighted by Gasteiger charge is -2.16. The van der Waals surface area contributed by atoms with Crippen molar-refractivity contribution >= 4 is 47.4 Å². The Morgan fingerprint density at radius 3 is 2.51 bits per heavy atom.